The van der Waals surface area contributed by atoms with Crippen LogP contribution in [0.5, 0.6) is 0 Å². The smallest absolute Gasteiger partial charge is 0.222 e. The lowest BCUT2D eigenvalue weighted by Crippen LogP contribution is -2.07. The number of hydrogen-bond donors (Lipinski definition) is 3. The van der Waals surface area contributed by atoms with Crippen molar-refractivity contribution in [1.29, 1.82) is 0 Å². The van der Waals surface area contributed by atoms with Gasteiger partial charge in [0, 0.05) is 31.1 Å². The van der Waals surface area contributed by atoms with E-state index in [9.17, 15) is 4.79 Å². The molecular formula is C17H14N8O. The zero-order valence-corrected chi connectivity index (χ0v) is 13.8. The van der Waals surface area contributed by atoms with Gasteiger partial charge in [-0.25, -0.2) is 19.9 Å². The third kappa shape index (κ3) is 3.18. The highest BCUT2D eigenvalue weighted by atomic mass is 16.1. The highest BCUT2D eigenvalue weighted by molar-refractivity contribution is 5.89. The predicted octanol–water partition coefficient (Wildman–Crippen LogP) is 2.51. The van der Waals surface area contributed by atoms with Crippen LogP contribution in [0.1, 0.15) is 6.92 Å². The van der Waals surface area contributed by atoms with E-state index in [4.69, 9.17) is 0 Å². The number of H-pyrrole nitrogens is 1. The lowest BCUT2D eigenvalue weighted by Gasteiger charge is -2.09. The van der Waals surface area contributed by atoms with E-state index >= 15 is 0 Å². The fraction of sp³-hybridized carbons (Fsp3) is 0.0588. The van der Waals surface area contributed by atoms with E-state index < -0.39 is 0 Å². The van der Waals surface area contributed by atoms with Crippen molar-refractivity contribution in [2.45, 2.75) is 6.92 Å². The van der Waals surface area contributed by atoms with Gasteiger partial charge in [-0.3, -0.25) is 9.78 Å². The standard InChI is InChI=1S/C17H14N8O/c1-10(26)22-13-8-11(5-7-19-13)23-17-14-16(21-9-20-14)24-15(25-17)12-4-2-3-6-18-12/h2-9H,1H3,(H3,19,20,21,22,23,24,25,26). The van der Waals surface area contributed by atoms with E-state index in [2.05, 4.69) is 40.5 Å². The largest absolute Gasteiger partial charge is 0.340 e. The number of imidazole rings is 1. The Bertz CT molecular complexity index is 1080. The Balaban J connectivity index is 1.74. The summed E-state index contributed by atoms with van der Waals surface area (Å²) in [6.45, 7) is 1.43. The van der Waals surface area contributed by atoms with Gasteiger partial charge in [-0.1, -0.05) is 6.07 Å². The maximum absolute atomic E-state index is 11.2. The Hall–Kier alpha value is -3.88. The number of rotatable bonds is 4. The minimum absolute atomic E-state index is 0.190. The number of aromatic nitrogens is 6. The molecule has 4 aromatic rings. The first kappa shape index (κ1) is 15.6. The minimum Gasteiger partial charge on any atom is -0.340 e. The number of nitrogens with zero attached hydrogens (tertiary/aromatic N) is 5. The molecule has 0 aliphatic carbocycles. The molecule has 26 heavy (non-hydrogen) atoms. The summed E-state index contributed by atoms with van der Waals surface area (Å²) in [5, 5.41) is 5.86. The van der Waals surface area contributed by atoms with Gasteiger partial charge in [0.2, 0.25) is 5.91 Å². The molecule has 3 N–H and O–H groups in total. The fourth-order valence-electron chi connectivity index (χ4n) is 2.43. The molecule has 0 unspecified atom stereocenters. The molecule has 0 atom stereocenters. The molecule has 0 bridgehead atoms. The average Bonchev–Trinajstić information content (AvgIpc) is 3.11. The van der Waals surface area contributed by atoms with Crippen LogP contribution in [0.15, 0.2) is 49.1 Å². The maximum atomic E-state index is 11.2. The van der Waals surface area contributed by atoms with Gasteiger partial charge in [-0.2, -0.15) is 0 Å². The Kier molecular flexibility index (Phi) is 3.94. The number of hydrogen-bond acceptors (Lipinski definition) is 7. The molecule has 0 saturated heterocycles. The molecule has 0 radical (unpaired) electrons. The van der Waals surface area contributed by atoms with Crippen molar-refractivity contribution >= 4 is 34.4 Å². The third-order valence-corrected chi connectivity index (χ3v) is 3.51. The van der Waals surface area contributed by atoms with Crippen LogP contribution in [0.4, 0.5) is 17.3 Å². The highest BCUT2D eigenvalue weighted by Crippen LogP contribution is 2.25. The molecule has 0 fully saturated rings. The van der Waals surface area contributed by atoms with Crippen molar-refractivity contribution in [2.24, 2.45) is 0 Å². The highest BCUT2D eigenvalue weighted by Gasteiger charge is 2.12. The number of amides is 1. The molecule has 4 rings (SSSR count). The Morgan fingerprint density at radius 2 is 2.00 bits per heavy atom. The molecule has 0 aliphatic rings. The second kappa shape index (κ2) is 6.55. The van der Waals surface area contributed by atoms with Gasteiger partial charge >= 0.3 is 0 Å². The molecule has 128 valence electrons. The fourth-order valence-corrected chi connectivity index (χ4v) is 2.43. The summed E-state index contributed by atoms with van der Waals surface area (Å²) < 4.78 is 0. The number of anilines is 3. The average molecular weight is 346 g/mol. The molecule has 0 aromatic carbocycles. The van der Waals surface area contributed by atoms with Gasteiger partial charge in [0.25, 0.3) is 0 Å². The van der Waals surface area contributed by atoms with Crippen LogP contribution >= 0.6 is 0 Å². The molecule has 9 nitrogen and oxygen atoms in total. The maximum Gasteiger partial charge on any atom is 0.222 e. The second-order valence-electron chi connectivity index (χ2n) is 5.45. The van der Waals surface area contributed by atoms with Crippen molar-refractivity contribution in [3.05, 3.63) is 49.1 Å². The van der Waals surface area contributed by atoms with Crippen LogP contribution in [0.3, 0.4) is 0 Å². The quantitative estimate of drug-likeness (QED) is 0.519. The van der Waals surface area contributed by atoms with Gasteiger partial charge in [0.15, 0.2) is 17.3 Å². The first-order chi connectivity index (χ1) is 12.7. The van der Waals surface area contributed by atoms with Gasteiger partial charge in [0.1, 0.15) is 17.0 Å². The molecule has 4 aromatic heterocycles. The van der Waals surface area contributed by atoms with Crippen LogP contribution in [-0.4, -0.2) is 35.8 Å². The lowest BCUT2D eigenvalue weighted by molar-refractivity contribution is -0.114. The SMILES string of the molecule is CC(=O)Nc1cc(Nc2nc(-c3ccccn3)nc3nc[nH]c23)ccn1. The van der Waals surface area contributed by atoms with E-state index in [1.165, 1.54) is 6.92 Å². The summed E-state index contributed by atoms with van der Waals surface area (Å²) in [6.07, 6.45) is 4.84. The number of carbonyl (C=O) groups is 1. The van der Waals surface area contributed by atoms with Gasteiger partial charge in [-0.15, -0.1) is 0 Å². The summed E-state index contributed by atoms with van der Waals surface area (Å²) in [4.78, 5) is 35.9. The van der Waals surface area contributed by atoms with Gasteiger partial charge < -0.3 is 15.6 Å². The monoisotopic (exact) mass is 346 g/mol. The topological polar surface area (TPSA) is 121 Å². The summed E-state index contributed by atoms with van der Waals surface area (Å²) in [6, 6.07) is 9.02. The van der Waals surface area contributed by atoms with Crippen LogP contribution < -0.4 is 10.6 Å². The normalized spacial score (nSPS) is 10.7. The van der Waals surface area contributed by atoms with Crippen molar-refractivity contribution in [2.75, 3.05) is 10.6 Å². The molecule has 4 heterocycles. The lowest BCUT2D eigenvalue weighted by atomic mass is 10.3. The number of pyridine rings is 2. The zero-order chi connectivity index (χ0) is 17.9. The number of carbonyl (C=O) groups excluding carboxylic acids is 1. The third-order valence-electron chi connectivity index (χ3n) is 3.51. The minimum atomic E-state index is -0.190. The van der Waals surface area contributed by atoms with Crippen LogP contribution in [-0.2, 0) is 4.79 Å². The zero-order valence-electron chi connectivity index (χ0n) is 13.8. The summed E-state index contributed by atoms with van der Waals surface area (Å²) >= 11 is 0. The van der Waals surface area contributed by atoms with E-state index in [-0.39, 0.29) is 5.91 Å². The summed E-state index contributed by atoms with van der Waals surface area (Å²) in [5.41, 5.74) is 2.56. The van der Waals surface area contributed by atoms with Crippen molar-refractivity contribution in [1.82, 2.24) is 29.9 Å². The van der Waals surface area contributed by atoms with Crippen molar-refractivity contribution in [3.63, 3.8) is 0 Å². The van der Waals surface area contributed by atoms with Crippen LogP contribution in [0.2, 0.25) is 0 Å². The van der Waals surface area contributed by atoms with E-state index in [1.54, 1.807) is 30.9 Å². The Morgan fingerprint density at radius 1 is 1.08 bits per heavy atom. The molecule has 1 amide bonds. The van der Waals surface area contributed by atoms with Gasteiger partial charge in [0.05, 0.1) is 6.33 Å². The molecule has 9 heteroatoms. The van der Waals surface area contributed by atoms with Crippen LogP contribution in [0.25, 0.3) is 22.7 Å². The predicted molar refractivity (Wildman–Crippen MR) is 96.7 cm³/mol. The number of aromatic amines is 1. The Labute approximate surface area is 148 Å². The van der Waals surface area contributed by atoms with Crippen LogP contribution in [0, 0.1) is 0 Å². The Morgan fingerprint density at radius 3 is 2.81 bits per heavy atom. The molecule has 0 saturated carbocycles. The molecule has 0 spiro atoms. The van der Waals surface area contributed by atoms with Gasteiger partial charge in [-0.05, 0) is 18.2 Å². The number of nitrogens with one attached hydrogen (secondary N) is 3. The summed E-state index contributed by atoms with van der Waals surface area (Å²) in [7, 11) is 0. The first-order valence-electron chi connectivity index (χ1n) is 7.82. The van der Waals surface area contributed by atoms with E-state index in [0.29, 0.717) is 40.0 Å². The van der Waals surface area contributed by atoms with E-state index in [1.807, 2.05) is 18.2 Å². The first-order valence-corrected chi connectivity index (χ1v) is 7.82. The van der Waals surface area contributed by atoms with E-state index in [0.717, 1.165) is 0 Å². The number of fused-ring (bicyclic) bond motifs is 1. The van der Waals surface area contributed by atoms with Crippen molar-refractivity contribution in [3.8, 4) is 11.5 Å². The second-order valence-corrected chi connectivity index (χ2v) is 5.45. The summed E-state index contributed by atoms with van der Waals surface area (Å²) in [5.74, 6) is 1.27. The molecule has 0 aliphatic heterocycles. The van der Waals surface area contributed by atoms with Crippen molar-refractivity contribution < 1.29 is 4.79 Å². The molecular weight excluding hydrogens is 332 g/mol.